The van der Waals surface area contributed by atoms with Crippen LogP contribution in [0.25, 0.3) is 0 Å². The molecule has 1 aromatic heterocycles. The fourth-order valence-electron chi connectivity index (χ4n) is 3.02. The second kappa shape index (κ2) is 10.7. The highest BCUT2D eigenvalue weighted by Gasteiger charge is 2.27. The van der Waals surface area contributed by atoms with E-state index in [0.717, 1.165) is 31.4 Å². The number of nitrogens with zero attached hydrogens (tertiary/aromatic N) is 3. The van der Waals surface area contributed by atoms with Crippen LogP contribution in [0, 0.1) is 11.3 Å². The summed E-state index contributed by atoms with van der Waals surface area (Å²) in [6.07, 6.45) is 8.53. The van der Waals surface area contributed by atoms with E-state index >= 15 is 0 Å². The largest absolute Gasteiger partial charge is 0.472 e. The third-order valence-corrected chi connectivity index (χ3v) is 5.02. The number of thioether (sulfide) groups is 1. The molecule has 1 aliphatic rings. The molecule has 0 radical (unpaired) electrons. The first-order valence-electron chi connectivity index (χ1n) is 8.97. The number of ether oxygens (including phenoxy) is 1. The van der Waals surface area contributed by atoms with E-state index in [0.29, 0.717) is 6.42 Å². The van der Waals surface area contributed by atoms with Crippen LogP contribution in [0.5, 0.6) is 5.88 Å². The lowest BCUT2D eigenvalue weighted by molar-refractivity contribution is -0.128. The number of nitriles is 1. The van der Waals surface area contributed by atoms with Gasteiger partial charge in [0.25, 0.3) is 5.88 Å². The minimum Gasteiger partial charge on any atom is -0.472 e. The van der Waals surface area contributed by atoms with Gasteiger partial charge in [0.1, 0.15) is 18.2 Å². The van der Waals surface area contributed by atoms with E-state index < -0.39 is 6.04 Å². The number of carbonyl (C=O) groups is 2. The van der Waals surface area contributed by atoms with Gasteiger partial charge in [-0.15, -0.1) is 0 Å². The van der Waals surface area contributed by atoms with Crippen LogP contribution in [0.3, 0.4) is 0 Å². The topological polar surface area (TPSA) is 117 Å². The van der Waals surface area contributed by atoms with Crippen LogP contribution in [-0.4, -0.2) is 52.0 Å². The average molecular weight is 391 g/mol. The summed E-state index contributed by atoms with van der Waals surface area (Å²) in [5, 5.41) is 14.8. The fraction of sp³-hybridized carbons (Fsp3) is 0.611. The Kier molecular flexibility index (Phi) is 8.33. The van der Waals surface area contributed by atoms with Crippen LogP contribution in [0.1, 0.15) is 44.7 Å². The Hall–Kier alpha value is -2.34. The predicted molar refractivity (Wildman–Crippen MR) is 102 cm³/mol. The highest BCUT2D eigenvalue weighted by Crippen LogP contribution is 2.24. The Bertz CT molecular complexity index is 686. The van der Waals surface area contributed by atoms with E-state index in [1.165, 1.54) is 19.3 Å². The number of hydrogen-bond acceptors (Lipinski definition) is 7. The zero-order chi connectivity index (χ0) is 19.6. The second-order valence-electron chi connectivity index (χ2n) is 6.46. The van der Waals surface area contributed by atoms with Crippen LogP contribution >= 0.6 is 11.8 Å². The Morgan fingerprint density at radius 1 is 1.33 bits per heavy atom. The maximum Gasteiger partial charge on any atom is 0.251 e. The molecular formula is C18H25N5O3S. The van der Waals surface area contributed by atoms with Gasteiger partial charge in [-0.05, 0) is 44.1 Å². The monoisotopic (exact) mass is 391 g/mol. The molecule has 1 fully saturated rings. The van der Waals surface area contributed by atoms with E-state index in [-0.39, 0.29) is 35.5 Å². The Labute approximate surface area is 163 Å². The molecule has 1 aromatic rings. The highest BCUT2D eigenvalue weighted by atomic mass is 32.2. The summed E-state index contributed by atoms with van der Waals surface area (Å²) >= 11 is 1.64. The molecule has 0 spiro atoms. The molecule has 0 aromatic carbocycles. The van der Waals surface area contributed by atoms with Gasteiger partial charge in [-0.3, -0.25) is 9.59 Å². The molecule has 1 heterocycles. The zero-order valence-electron chi connectivity index (χ0n) is 15.6. The molecule has 9 heteroatoms. The number of aromatic nitrogens is 2. The molecule has 0 bridgehead atoms. The molecule has 2 amide bonds. The SMILES string of the molecule is CSCCC(NC(C)=O)C(=O)NC1CCC(Oc2nccnc2C#N)CC1. The lowest BCUT2D eigenvalue weighted by Crippen LogP contribution is -2.50. The average Bonchev–Trinajstić information content (AvgIpc) is 2.66. The summed E-state index contributed by atoms with van der Waals surface area (Å²) < 4.78 is 5.82. The van der Waals surface area contributed by atoms with Crippen molar-refractivity contribution in [2.45, 2.75) is 57.2 Å². The van der Waals surface area contributed by atoms with Crippen molar-refractivity contribution in [3.63, 3.8) is 0 Å². The van der Waals surface area contributed by atoms with Crippen LogP contribution in [0.4, 0.5) is 0 Å². The van der Waals surface area contributed by atoms with Gasteiger partial charge in [0.05, 0.1) is 0 Å². The molecule has 2 N–H and O–H groups in total. The first kappa shape index (κ1) is 21.0. The molecule has 8 nitrogen and oxygen atoms in total. The van der Waals surface area contributed by atoms with Crippen molar-refractivity contribution in [2.75, 3.05) is 12.0 Å². The number of nitrogens with one attached hydrogen (secondary N) is 2. The quantitative estimate of drug-likeness (QED) is 0.688. The lowest BCUT2D eigenvalue weighted by Gasteiger charge is -2.30. The van der Waals surface area contributed by atoms with Gasteiger partial charge in [-0.2, -0.15) is 17.0 Å². The van der Waals surface area contributed by atoms with Gasteiger partial charge in [-0.1, -0.05) is 0 Å². The number of amides is 2. The highest BCUT2D eigenvalue weighted by molar-refractivity contribution is 7.98. The van der Waals surface area contributed by atoms with Crippen molar-refractivity contribution in [2.24, 2.45) is 0 Å². The summed E-state index contributed by atoms with van der Waals surface area (Å²) in [6, 6.07) is 1.53. The van der Waals surface area contributed by atoms with Gasteiger partial charge in [-0.25, -0.2) is 9.97 Å². The molecule has 2 rings (SSSR count). The van der Waals surface area contributed by atoms with Crippen molar-refractivity contribution in [3.05, 3.63) is 18.1 Å². The molecule has 27 heavy (non-hydrogen) atoms. The van der Waals surface area contributed by atoms with Crippen molar-refractivity contribution in [1.82, 2.24) is 20.6 Å². The first-order valence-corrected chi connectivity index (χ1v) is 10.4. The molecule has 1 atom stereocenters. The van der Waals surface area contributed by atoms with Crippen LogP contribution in [-0.2, 0) is 9.59 Å². The lowest BCUT2D eigenvalue weighted by atomic mass is 9.92. The smallest absolute Gasteiger partial charge is 0.251 e. The Morgan fingerprint density at radius 2 is 2.04 bits per heavy atom. The van der Waals surface area contributed by atoms with Crippen molar-refractivity contribution in [1.29, 1.82) is 5.26 Å². The van der Waals surface area contributed by atoms with Crippen LogP contribution in [0.2, 0.25) is 0 Å². The van der Waals surface area contributed by atoms with E-state index in [1.807, 2.05) is 12.3 Å². The van der Waals surface area contributed by atoms with Crippen LogP contribution in [0.15, 0.2) is 12.4 Å². The second-order valence-corrected chi connectivity index (χ2v) is 7.44. The third-order valence-electron chi connectivity index (χ3n) is 4.37. The van der Waals surface area contributed by atoms with E-state index in [2.05, 4.69) is 20.6 Å². The van der Waals surface area contributed by atoms with Crippen molar-refractivity contribution < 1.29 is 14.3 Å². The van der Waals surface area contributed by atoms with Gasteiger partial charge in [0.15, 0.2) is 0 Å². The summed E-state index contributed by atoms with van der Waals surface area (Å²) in [4.78, 5) is 31.8. The van der Waals surface area contributed by atoms with Gasteiger partial charge < -0.3 is 15.4 Å². The van der Waals surface area contributed by atoms with Crippen molar-refractivity contribution in [3.8, 4) is 11.9 Å². The fourth-order valence-corrected chi connectivity index (χ4v) is 3.49. The van der Waals surface area contributed by atoms with Gasteiger partial charge in [0.2, 0.25) is 17.5 Å². The van der Waals surface area contributed by atoms with E-state index in [1.54, 1.807) is 11.8 Å². The van der Waals surface area contributed by atoms with Crippen LogP contribution < -0.4 is 15.4 Å². The standard InChI is InChI=1S/C18H25N5O3S/c1-12(24)22-15(7-10-27-2)17(25)23-13-3-5-14(6-4-13)26-18-16(11-19)20-8-9-21-18/h8-9,13-15H,3-7,10H2,1-2H3,(H,22,24)(H,23,25). The summed E-state index contributed by atoms with van der Waals surface area (Å²) in [5.41, 5.74) is 0.180. The van der Waals surface area contributed by atoms with Gasteiger partial charge in [0, 0.05) is 25.4 Å². The molecule has 1 saturated carbocycles. The van der Waals surface area contributed by atoms with E-state index in [4.69, 9.17) is 10.00 Å². The Balaban J connectivity index is 1.83. The maximum atomic E-state index is 12.5. The normalized spacial score (nSPS) is 20.2. The van der Waals surface area contributed by atoms with E-state index in [9.17, 15) is 9.59 Å². The maximum absolute atomic E-state index is 12.5. The zero-order valence-corrected chi connectivity index (χ0v) is 16.4. The first-order chi connectivity index (χ1) is 13.0. The predicted octanol–water partition coefficient (Wildman–Crippen LogP) is 1.41. The minimum absolute atomic E-state index is 0.0513. The van der Waals surface area contributed by atoms with Crippen molar-refractivity contribution >= 4 is 23.6 Å². The summed E-state index contributed by atoms with van der Waals surface area (Å²) in [6.45, 7) is 1.42. The molecular weight excluding hydrogens is 366 g/mol. The summed E-state index contributed by atoms with van der Waals surface area (Å²) in [7, 11) is 0. The molecule has 0 aliphatic heterocycles. The number of hydrogen-bond donors (Lipinski definition) is 2. The third kappa shape index (κ3) is 6.71. The minimum atomic E-state index is -0.498. The molecule has 1 unspecified atom stereocenters. The Morgan fingerprint density at radius 3 is 2.67 bits per heavy atom. The van der Waals surface area contributed by atoms with Gasteiger partial charge >= 0.3 is 0 Å². The number of carbonyl (C=O) groups excluding carboxylic acids is 2. The number of rotatable bonds is 8. The summed E-state index contributed by atoms with van der Waals surface area (Å²) in [5.74, 6) is 0.725. The molecule has 0 saturated heterocycles. The molecule has 1 aliphatic carbocycles. The molecule has 146 valence electrons.